The van der Waals surface area contributed by atoms with E-state index in [1.807, 2.05) is 24.3 Å². The number of ether oxygens (including phenoxy) is 1. The number of carboxylic acid groups (broad SMARTS) is 1. The van der Waals surface area contributed by atoms with Crippen LogP contribution in [0, 0.1) is 0 Å². The van der Waals surface area contributed by atoms with Crippen LogP contribution in [-0.2, 0) is 12.8 Å². The van der Waals surface area contributed by atoms with E-state index in [1.54, 1.807) is 0 Å². The van der Waals surface area contributed by atoms with Gasteiger partial charge in [-0.15, -0.1) is 0 Å². The van der Waals surface area contributed by atoms with E-state index in [0.717, 1.165) is 18.4 Å². The smallest absolute Gasteiger partial charge is 0.342 e. The molecule has 6 heteroatoms. The van der Waals surface area contributed by atoms with Crippen LogP contribution in [0.5, 0.6) is 5.75 Å². The predicted molar refractivity (Wildman–Crippen MR) is 76.8 cm³/mol. The van der Waals surface area contributed by atoms with Gasteiger partial charge in [0, 0.05) is 12.6 Å². The van der Waals surface area contributed by atoms with Gasteiger partial charge in [0.25, 0.3) is 5.56 Å². The lowest BCUT2D eigenvalue weighted by Crippen LogP contribution is -2.21. The van der Waals surface area contributed by atoms with Crippen LogP contribution in [-0.4, -0.2) is 27.7 Å². The fourth-order valence-corrected chi connectivity index (χ4v) is 1.80. The maximum atomic E-state index is 11.5. The summed E-state index contributed by atoms with van der Waals surface area (Å²) < 4.78 is 5.55. The number of aromatic carboxylic acids is 1. The van der Waals surface area contributed by atoms with Gasteiger partial charge in [0.1, 0.15) is 17.1 Å². The average molecular weight is 288 g/mol. The van der Waals surface area contributed by atoms with Crippen LogP contribution >= 0.6 is 0 Å². The molecular formula is C15H16N2O4. The molecule has 0 aliphatic carbocycles. The van der Waals surface area contributed by atoms with E-state index < -0.39 is 11.5 Å². The molecule has 0 saturated heterocycles. The van der Waals surface area contributed by atoms with Crippen molar-refractivity contribution in [2.24, 2.45) is 0 Å². The van der Waals surface area contributed by atoms with Crippen LogP contribution in [0.3, 0.4) is 0 Å². The Morgan fingerprint density at radius 2 is 2.05 bits per heavy atom. The van der Waals surface area contributed by atoms with Crippen LogP contribution < -0.4 is 10.3 Å². The van der Waals surface area contributed by atoms with E-state index in [4.69, 9.17) is 9.84 Å². The van der Waals surface area contributed by atoms with Gasteiger partial charge in [-0.25, -0.2) is 9.78 Å². The predicted octanol–water partition coefficient (Wildman–Crippen LogP) is 1.65. The Morgan fingerprint density at radius 1 is 1.33 bits per heavy atom. The lowest BCUT2D eigenvalue weighted by atomic mass is 10.2. The Bertz CT molecular complexity index is 677. The standard InChI is InChI=1S/C15H16N2O4/c1-2-10-3-5-11(6-4-10)21-8-7-13-16-9-12(15(19)20)14(18)17-13/h3-6,9H,2,7-8H2,1H3,(H,19,20)(H,16,17,18). The largest absolute Gasteiger partial charge is 0.493 e. The first-order chi connectivity index (χ1) is 10.1. The van der Waals surface area contributed by atoms with E-state index in [2.05, 4.69) is 16.9 Å². The zero-order valence-corrected chi connectivity index (χ0v) is 11.6. The summed E-state index contributed by atoms with van der Waals surface area (Å²) in [6, 6.07) is 7.78. The maximum absolute atomic E-state index is 11.5. The van der Waals surface area contributed by atoms with Crippen LogP contribution in [0.15, 0.2) is 35.3 Å². The van der Waals surface area contributed by atoms with Crippen molar-refractivity contribution >= 4 is 5.97 Å². The Kier molecular flexibility index (Phi) is 4.71. The topological polar surface area (TPSA) is 92.3 Å². The zero-order valence-electron chi connectivity index (χ0n) is 11.6. The van der Waals surface area contributed by atoms with Gasteiger partial charge in [0.15, 0.2) is 0 Å². The summed E-state index contributed by atoms with van der Waals surface area (Å²) in [5, 5.41) is 8.74. The molecule has 2 N–H and O–H groups in total. The number of benzene rings is 1. The molecule has 21 heavy (non-hydrogen) atoms. The van der Waals surface area contributed by atoms with Gasteiger partial charge < -0.3 is 14.8 Å². The van der Waals surface area contributed by atoms with Crippen LogP contribution in [0.4, 0.5) is 0 Å². The third-order valence-electron chi connectivity index (χ3n) is 3.02. The highest BCUT2D eigenvalue weighted by atomic mass is 16.5. The second-order valence-electron chi connectivity index (χ2n) is 4.47. The molecule has 0 saturated carbocycles. The van der Waals surface area contributed by atoms with E-state index in [0.29, 0.717) is 18.9 Å². The van der Waals surface area contributed by atoms with Gasteiger partial charge in [-0.05, 0) is 24.1 Å². The van der Waals surface area contributed by atoms with Crippen molar-refractivity contribution < 1.29 is 14.6 Å². The molecular weight excluding hydrogens is 272 g/mol. The summed E-state index contributed by atoms with van der Waals surface area (Å²) >= 11 is 0. The number of aromatic nitrogens is 2. The molecule has 1 aromatic heterocycles. The minimum atomic E-state index is -1.29. The number of hydrogen-bond donors (Lipinski definition) is 2. The molecule has 0 radical (unpaired) electrons. The third kappa shape index (κ3) is 3.92. The first-order valence-corrected chi connectivity index (χ1v) is 6.63. The van der Waals surface area contributed by atoms with Gasteiger partial charge in [-0.2, -0.15) is 0 Å². The summed E-state index contributed by atoms with van der Waals surface area (Å²) in [6.07, 6.45) is 2.43. The molecule has 0 aliphatic rings. The molecule has 1 aromatic carbocycles. The van der Waals surface area contributed by atoms with Gasteiger partial charge in [-0.1, -0.05) is 19.1 Å². The first-order valence-electron chi connectivity index (χ1n) is 6.63. The fourth-order valence-electron chi connectivity index (χ4n) is 1.80. The Morgan fingerprint density at radius 3 is 2.62 bits per heavy atom. The van der Waals surface area contributed by atoms with Gasteiger partial charge in [0.05, 0.1) is 6.61 Å². The summed E-state index contributed by atoms with van der Waals surface area (Å²) in [5.74, 6) is -0.144. The van der Waals surface area contributed by atoms with Gasteiger partial charge in [0.2, 0.25) is 0 Å². The summed E-state index contributed by atoms with van der Waals surface area (Å²) in [6.45, 7) is 2.43. The number of H-pyrrole nitrogens is 1. The molecule has 2 rings (SSSR count). The highest BCUT2D eigenvalue weighted by molar-refractivity contribution is 5.86. The number of carbonyl (C=O) groups is 1. The second kappa shape index (κ2) is 6.69. The number of nitrogens with zero attached hydrogens (tertiary/aromatic N) is 1. The molecule has 6 nitrogen and oxygen atoms in total. The third-order valence-corrected chi connectivity index (χ3v) is 3.02. The second-order valence-corrected chi connectivity index (χ2v) is 4.47. The van der Waals surface area contributed by atoms with Crippen molar-refractivity contribution in [2.75, 3.05) is 6.61 Å². The quantitative estimate of drug-likeness (QED) is 0.843. The van der Waals surface area contributed by atoms with Crippen molar-refractivity contribution in [3.63, 3.8) is 0 Å². The van der Waals surface area contributed by atoms with Crippen LogP contribution in [0.1, 0.15) is 28.7 Å². The van der Waals surface area contributed by atoms with E-state index >= 15 is 0 Å². The number of aryl methyl sites for hydroxylation is 1. The van der Waals surface area contributed by atoms with E-state index in [1.165, 1.54) is 5.56 Å². The van der Waals surface area contributed by atoms with Crippen molar-refractivity contribution in [3.8, 4) is 5.75 Å². The number of hydrogen-bond acceptors (Lipinski definition) is 4. The normalized spacial score (nSPS) is 10.3. The first kappa shape index (κ1) is 14.8. The number of nitrogens with one attached hydrogen (secondary N) is 1. The number of aromatic amines is 1. The number of carboxylic acids is 1. The maximum Gasteiger partial charge on any atom is 0.342 e. The molecule has 0 atom stereocenters. The molecule has 2 aromatic rings. The minimum absolute atomic E-state index is 0.348. The summed E-state index contributed by atoms with van der Waals surface area (Å²) in [5.41, 5.74) is 0.215. The van der Waals surface area contributed by atoms with Crippen LogP contribution in [0.25, 0.3) is 0 Å². The molecule has 0 spiro atoms. The summed E-state index contributed by atoms with van der Waals surface area (Å²) in [4.78, 5) is 28.5. The van der Waals surface area contributed by atoms with Gasteiger partial charge >= 0.3 is 5.97 Å². The van der Waals surface area contributed by atoms with Crippen molar-refractivity contribution in [3.05, 3.63) is 57.8 Å². The highest BCUT2D eigenvalue weighted by Crippen LogP contribution is 2.12. The van der Waals surface area contributed by atoms with E-state index in [9.17, 15) is 9.59 Å². The van der Waals surface area contributed by atoms with Crippen molar-refractivity contribution in [1.29, 1.82) is 0 Å². The van der Waals surface area contributed by atoms with Crippen molar-refractivity contribution in [2.45, 2.75) is 19.8 Å². The minimum Gasteiger partial charge on any atom is -0.493 e. The Hall–Kier alpha value is -2.63. The van der Waals surface area contributed by atoms with Crippen LogP contribution in [0.2, 0.25) is 0 Å². The monoisotopic (exact) mass is 288 g/mol. The fraction of sp³-hybridized carbons (Fsp3) is 0.267. The number of rotatable bonds is 6. The molecule has 1 heterocycles. The van der Waals surface area contributed by atoms with E-state index in [-0.39, 0.29) is 5.56 Å². The molecule has 0 bridgehead atoms. The van der Waals surface area contributed by atoms with Gasteiger partial charge in [-0.3, -0.25) is 4.79 Å². The average Bonchev–Trinajstić information content (AvgIpc) is 2.47. The lowest BCUT2D eigenvalue weighted by molar-refractivity contribution is 0.0694. The molecule has 0 amide bonds. The summed E-state index contributed by atoms with van der Waals surface area (Å²) in [7, 11) is 0. The SMILES string of the molecule is CCc1ccc(OCCc2ncc(C(=O)O)c(=O)[nH]2)cc1. The Labute approximate surface area is 121 Å². The zero-order chi connectivity index (χ0) is 15.2. The molecule has 110 valence electrons. The molecule has 0 aliphatic heterocycles. The van der Waals surface area contributed by atoms with Crippen molar-refractivity contribution in [1.82, 2.24) is 9.97 Å². The highest BCUT2D eigenvalue weighted by Gasteiger charge is 2.09. The lowest BCUT2D eigenvalue weighted by Gasteiger charge is -2.06. The Balaban J connectivity index is 1.92. The molecule has 0 unspecified atom stereocenters. The molecule has 0 fully saturated rings.